The van der Waals surface area contributed by atoms with Gasteiger partial charge in [-0.25, -0.2) is 0 Å². The number of thioether (sulfide) groups is 1. The molecular weight excluding hydrogens is 166 g/mol. The van der Waals surface area contributed by atoms with Gasteiger partial charge in [-0.15, -0.1) is 11.8 Å². The van der Waals surface area contributed by atoms with Gasteiger partial charge in [-0.1, -0.05) is 24.3 Å². The molecule has 62 valence electrons. The van der Waals surface area contributed by atoms with Gasteiger partial charge in [0, 0.05) is 29.0 Å². The largest absolute Gasteiger partial charge is 0.388 e. The minimum Gasteiger partial charge on any atom is -0.388 e. The van der Waals surface area contributed by atoms with Crippen LogP contribution in [0.5, 0.6) is 0 Å². The second-order valence-electron chi connectivity index (χ2n) is 2.67. The lowest BCUT2D eigenvalue weighted by Crippen LogP contribution is -2.08. The van der Waals surface area contributed by atoms with Gasteiger partial charge in [0.05, 0.1) is 0 Å². The summed E-state index contributed by atoms with van der Waals surface area (Å²) in [5.74, 6) is 1.08. The zero-order valence-corrected chi connectivity index (χ0v) is 7.82. The van der Waals surface area contributed by atoms with Crippen LogP contribution < -0.4 is 5.32 Å². The van der Waals surface area contributed by atoms with E-state index in [9.17, 15) is 0 Å². The zero-order valence-electron chi connectivity index (χ0n) is 7.00. The monoisotopic (exact) mass is 177 g/mol. The van der Waals surface area contributed by atoms with E-state index in [0.717, 1.165) is 5.75 Å². The lowest BCUT2D eigenvalue weighted by Gasteiger charge is -2.16. The Morgan fingerprint density at radius 2 is 2.17 bits per heavy atom. The third-order valence-electron chi connectivity index (χ3n) is 1.97. The van der Waals surface area contributed by atoms with Crippen molar-refractivity contribution in [3.63, 3.8) is 0 Å². The maximum atomic E-state index is 3.21. The fourth-order valence-corrected chi connectivity index (χ4v) is 2.31. The van der Waals surface area contributed by atoms with Crippen LogP contribution in [0.3, 0.4) is 0 Å². The standard InChI is InChI=1S/C10H11NS/c1-11-9-6-7-12-10-5-3-2-4-8(9)10/h2-6,11H,7H2,1H3. The number of hydrogen-bond donors (Lipinski definition) is 1. The first-order valence-corrected chi connectivity index (χ1v) is 5.00. The van der Waals surface area contributed by atoms with Gasteiger partial charge in [0.15, 0.2) is 0 Å². The number of rotatable bonds is 1. The molecule has 0 unspecified atom stereocenters. The summed E-state index contributed by atoms with van der Waals surface area (Å²) < 4.78 is 0. The van der Waals surface area contributed by atoms with Crippen molar-refractivity contribution in [3.05, 3.63) is 35.9 Å². The number of benzene rings is 1. The molecule has 1 heterocycles. The Morgan fingerprint density at radius 1 is 1.33 bits per heavy atom. The van der Waals surface area contributed by atoms with Gasteiger partial charge in [0.25, 0.3) is 0 Å². The summed E-state index contributed by atoms with van der Waals surface area (Å²) in [6.07, 6.45) is 2.23. The number of nitrogens with one attached hydrogen (secondary N) is 1. The Kier molecular flexibility index (Phi) is 2.09. The van der Waals surface area contributed by atoms with Crippen LogP contribution in [0.15, 0.2) is 35.2 Å². The first-order valence-electron chi connectivity index (χ1n) is 4.02. The fourth-order valence-electron chi connectivity index (χ4n) is 1.38. The highest BCUT2D eigenvalue weighted by Gasteiger charge is 2.09. The van der Waals surface area contributed by atoms with Crippen LogP contribution in [0.2, 0.25) is 0 Å². The first kappa shape index (κ1) is 7.74. The van der Waals surface area contributed by atoms with Crippen LogP contribution in [-0.4, -0.2) is 12.8 Å². The lowest BCUT2D eigenvalue weighted by molar-refractivity contribution is 1.10. The molecule has 1 aromatic carbocycles. The van der Waals surface area contributed by atoms with Crippen LogP contribution in [0.25, 0.3) is 5.70 Å². The SMILES string of the molecule is CNC1=CCSc2ccccc21. The summed E-state index contributed by atoms with van der Waals surface area (Å²) in [6.45, 7) is 0. The minimum absolute atomic E-state index is 1.08. The maximum Gasteiger partial charge on any atom is 0.0390 e. The fraction of sp³-hybridized carbons (Fsp3) is 0.200. The van der Waals surface area contributed by atoms with Crippen LogP contribution in [0.4, 0.5) is 0 Å². The summed E-state index contributed by atoms with van der Waals surface area (Å²) in [5.41, 5.74) is 2.58. The smallest absolute Gasteiger partial charge is 0.0390 e. The Hall–Kier alpha value is -0.890. The van der Waals surface area contributed by atoms with Crippen LogP contribution >= 0.6 is 11.8 Å². The molecule has 0 saturated heterocycles. The van der Waals surface area contributed by atoms with Crippen molar-refractivity contribution in [2.75, 3.05) is 12.8 Å². The van der Waals surface area contributed by atoms with Crippen LogP contribution in [0.1, 0.15) is 5.56 Å². The second kappa shape index (κ2) is 3.23. The third-order valence-corrected chi connectivity index (χ3v) is 2.97. The molecule has 1 nitrogen and oxygen atoms in total. The Morgan fingerprint density at radius 3 is 3.00 bits per heavy atom. The molecule has 0 bridgehead atoms. The molecule has 2 heteroatoms. The summed E-state index contributed by atoms with van der Waals surface area (Å²) in [4.78, 5) is 1.38. The summed E-state index contributed by atoms with van der Waals surface area (Å²) in [5, 5.41) is 3.21. The van der Waals surface area contributed by atoms with Gasteiger partial charge in [-0.2, -0.15) is 0 Å². The van der Waals surface area contributed by atoms with Crippen molar-refractivity contribution in [1.29, 1.82) is 0 Å². The topological polar surface area (TPSA) is 12.0 Å². The third kappa shape index (κ3) is 1.23. The predicted molar refractivity (Wildman–Crippen MR) is 54.2 cm³/mol. The van der Waals surface area contributed by atoms with E-state index < -0.39 is 0 Å². The van der Waals surface area contributed by atoms with Crippen molar-refractivity contribution < 1.29 is 0 Å². The van der Waals surface area contributed by atoms with Gasteiger partial charge in [0.2, 0.25) is 0 Å². The average molecular weight is 177 g/mol. The van der Waals surface area contributed by atoms with Crippen molar-refractivity contribution in [2.45, 2.75) is 4.90 Å². The zero-order chi connectivity index (χ0) is 8.39. The van der Waals surface area contributed by atoms with E-state index in [1.807, 2.05) is 18.8 Å². The summed E-state index contributed by atoms with van der Waals surface area (Å²) in [6, 6.07) is 8.49. The molecule has 0 saturated carbocycles. The van der Waals surface area contributed by atoms with E-state index in [2.05, 4.69) is 35.7 Å². The van der Waals surface area contributed by atoms with E-state index >= 15 is 0 Å². The second-order valence-corrected chi connectivity index (χ2v) is 3.74. The minimum atomic E-state index is 1.08. The van der Waals surface area contributed by atoms with Gasteiger partial charge >= 0.3 is 0 Å². The van der Waals surface area contributed by atoms with Gasteiger partial charge in [0.1, 0.15) is 0 Å². The molecule has 0 aromatic heterocycles. The number of fused-ring (bicyclic) bond motifs is 1. The quantitative estimate of drug-likeness (QED) is 0.706. The molecule has 0 atom stereocenters. The highest BCUT2D eigenvalue weighted by Crippen LogP contribution is 2.31. The summed E-state index contributed by atoms with van der Waals surface area (Å²) in [7, 11) is 1.97. The van der Waals surface area contributed by atoms with Crippen molar-refractivity contribution in [1.82, 2.24) is 5.32 Å². The van der Waals surface area contributed by atoms with Gasteiger partial charge in [-0.3, -0.25) is 0 Å². The number of hydrogen-bond acceptors (Lipinski definition) is 2. The molecule has 1 aromatic rings. The van der Waals surface area contributed by atoms with Crippen molar-refractivity contribution in [3.8, 4) is 0 Å². The van der Waals surface area contributed by atoms with Crippen LogP contribution in [-0.2, 0) is 0 Å². The highest BCUT2D eigenvalue weighted by atomic mass is 32.2. The van der Waals surface area contributed by atoms with Crippen molar-refractivity contribution in [2.24, 2.45) is 0 Å². The lowest BCUT2D eigenvalue weighted by atomic mass is 10.1. The Balaban J connectivity index is 2.48. The van der Waals surface area contributed by atoms with E-state index in [0.29, 0.717) is 0 Å². The predicted octanol–water partition coefficient (Wildman–Crippen LogP) is 2.35. The molecule has 0 spiro atoms. The van der Waals surface area contributed by atoms with E-state index in [1.165, 1.54) is 16.2 Å². The molecule has 2 rings (SSSR count). The molecular formula is C10H11NS. The normalized spacial score (nSPS) is 14.9. The Labute approximate surface area is 76.9 Å². The van der Waals surface area contributed by atoms with E-state index in [4.69, 9.17) is 0 Å². The van der Waals surface area contributed by atoms with Crippen LogP contribution in [0, 0.1) is 0 Å². The molecule has 1 aliphatic heterocycles. The van der Waals surface area contributed by atoms with Crippen molar-refractivity contribution >= 4 is 17.5 Å². The molecule has 0 aliphatic carbocycles. The first-order chi connectivity index (χ1) is 5.92. The molecule has 0 radical (unpaired) electrons. The maximum absolute atomic E-state index is 3.21. The highest BCUT2D eigenvalue weighted by molar-refractivity contribution is 7.99. The summed E-state index contributed by atoms with van der Waals surface area (Å²) >= 11 is 1.89. The molecule has 1 aliphatic rings. The van der Waals surface area contributed by atoms with Gasteiger partial charge in [-0.05, 0) is 6.07 Å². The molecule has 1 N–H and O–H groups in total. The molecule has 0 fully saturated rings. The average Bonchev–Trinajstić information content (AvgIpc) is 2.17. The van der Waals surface area contributed by atoms with E-state index in [1.54, 1.807) is 0 Å². The van der Waals surface area contributed by atoms with E-state index in [-0.39, 0.29) is 0 Å². The van der Waals surface area contributed by atoms with Gasteiger partial charge < -0.3 is 5.32 Å². The molecule has 12 heavy (non-hydrogen) atoms. The molecule has 0 amide bonds. The Bertz CT molecular complexity index is 317.